The number of hydrogen-bond donors (Lipinski definition) is 2. The number of anilines is 1. The third-order valence-electron chi connectivity index (χ3n) is 6.85. The fourth-order valence-electron chi connectivity index (χ4n) is 4.87. The lowest BCUT2D eigenvalue weighted by Gasteiger charge is -2.20. The number of rotatable bonds is 6. The van der Waals surface area contributed by atoms with Crippen LogP contribution in [-0.4, -0.2) is 39.8 Å². The summed E-state index contributed by atoms with van der Waals surface area (Å²) in [6.07, 6.45) is 9.02. The number of nitrogens with zero attached hydrogens (tertiary/aromatic N) is 7. The summed E-state index contributed by atoms with van der Waals surface area (Å²) in [6.45, 7) is 3.63. The molecular weight excluding hydrogens is 518 g/mol. The number of carbonyl (C=O) groups excluding carboxylic acids is 1. The normalized spacial score (nSPS) is 12.4. The molecule has 0 bridgehead atoms. The Morgan fingerprint density at radius 3 is 2.63 bits per heavy atom. The van der Waals surface area contributed by atoms with Crippen molar-refractivity contribution in [1.82, 2.24) is 39.2 Å². The van der Waals surface area contributed by atoms with Gasteiger partial charge in [-0.3, -0.25) is 18.8 Å². The maximum absolute atomic E-state index is 14.2. The van der Waals surface area contributed by atoms with E-state index in [-0.39, 0.29) is 16.9 Å². The molecule has 4 aromatic heterocycles. The van der Waals surface area contributed by atoms with Crippen molar-refractivity contribution in [2.75, 3.05) is 5.73 Å². The van der Waals surface area contributed by atoms with Crippen molar-refractivity contribution < 1.29 is 4.79 Å². The van der Waals surface area contributed by atoms with Crippen LogP contribution in [0.5, 0.6) is 0 Å². The van der Waals surface area contributed by atoms with Crippen LogP contribution >= 0.6 is 0 Å². The number of fused-ring (bicyclic) bond motifs is 2. The number of hydrogen-bond acceptors (Lipinski definition) is 7. The van der Waals surface area contributed by atoms with Gasteiger partial charge in [-0.25, -0.2) is 14.5 Å². The summed E-state index contributed by atoms with van der Waals surface area (Å²) in [5.74, 6) is -0.0340. The Balaban J connectivity index is 1.46. The molecule has 1 atom stereocenters. The molecule has 0 aliphatic heterocycles. The largest absolute Gasteiger partial charge is 0.381 e. The summed E-state index contributed by atoms with van der Waals surface area (Å²) in [7, 11) is 1.85. The van der Waals surface area contributed by atoms with Gasteiger partial charge in [0.2, 0.25) is 0 Å². The summed E-state index contributed by atoms with van der Waals surface area (Å²) in [5.41, 5.74) is 9.95. The highest BCUT2D eigenvalue weighted by Gasteiger charge is 2.25. The third-order valence-corrected chi connectivity index (χ3v) is 6.85. The summed E-state index contributed by atoms with van der Waals surface area (Å²) in [5, 5.41) is 11.9. The van der Waals surface area contributed by atoms with E-state index in [0.717, 1.165) is 16.8 Å². The van der Waals surface area contributed by atoms with Crippen molar-refractivity contribution in [3.63, 3.8) is 0 Å². The predicted molar refractivity (Wildman–Crippen MR) is 157 cm³/mol. The SMILES string of the molecule is Cc1ccnc2c(C(=O)NC(C)c3nc4cccc(C=Cc5cnn(C)c5)c4c(=O)n3-c3ccccc3)c(N)nn12. The summed E-state index contributed by atoms with van der Waals surface area (Å²) >= 11 is 0. The third kappa shape index (κ3) is 4.63. The topological polar surface area (TPSA) is 138 Å². The smallest absolute Gasteiger partial charge is 0.266 e. The fraction of sp³-hybridized carbons (Fsp3) is 0.133. The second-order valence-corrected chi connectivity index (χ2v) is 9.75. The van der Waals surface area contributed by atoms with Gasteiger partial charge in [-0.1, -0.05) is 42.5 Å². The lowest BCUT2D eigenvalue weighted by atomic mass is 10.1. The highest BCUT2D eigenvalue weighted by molar-refractivity contribution is 6.04. The van der Waals surface area contributed by atoms with Crippen LogP contribution in [0.4, 0.5) is 5.82 Å². The Labute approximate surface area is 234 Å². The first-order chi connectivity index (χ1) is 19.8. The van der Waals surface area contributed by atoms with Crippen molar-refractivity contribution in [3.8, 4) is 5.69 Å². The Morgan fingerprint density at radius 1 is 1.07 bits per heavy atom. The minimum atomic E-state index is -0.673. The maximum Gasteiger partial charge on any atom is 0.266 e. The Bertz CT molecular complexity index is 2020. The molecule has 1 amide bonds. The second kappa shape index (κ2) is 10.2. The molecule has 6 aromatic rings. The predicted octanol–water partition coefficient (Wildman–Crippen LogP) is 3.71. The molecule has 0 radical (unpaired) electrons. The minimum absolute atomic E-state index is 0.0634. The van der Waals surface area contributed by atoms with Gasteiger partial charge in [-0.05, 0) is 43.7 Å². The van der Waals surface area contributed by atoms with Crippen LogP contribution in [-0.2, 0) is 7.05 Å². The van der Waals surface area contributed by atoms with E-state index >= 15 is 0 Å². The number of carbonyl (C=O) groups is 1. The van der Waals surface area contributed by atoms with Gasteiger partial charge in [0.25, 0.3) is 11.5 Å². The van der Waals surface area contributed by atoms with Crippen LogP contribution in [0.3, 0.4) is 0 Å². The van der Waals surface area contributed by atoms with Crippen molar-refractivity contribution in [2.45, 2.75) is 19.9 Å². The molecule has 0 aliphatic rings. The van der Waals surface area contributed by atoms with Gasteiger partial charge >= 0.3 is 0 Å². The van der Waals surface area contributed by atoms with Crippen LogP contribution in [0.15, 0.2) is 78.0 Å². The molecule has 3 N–H and O–H groups in total. The molecule has 41 heavy (non-hydrogen) atoms. The monoisotopic (exact) mass is 545 g/mol. The van der Waals surface area contributed by atoms with E-state index < -0.39 is 11.9 Å². The number of nitrogens with one attached hydrogen (secondary N) is 1. The van der Waals surface area contributed by atoms with E-state index in [1.54, 1.807) is 36.1 Å². The van der Waals surface area contributed by atoms with Crippen molar-refractivity contribution in [1.29, 1.82) is 0 Å². The van der Waals surface area contributed by atoms with Crippen molar-refractivity contribution in [2.24, 2.45) is 7.05 Å². The molecule has 0 saturated heterocycles. The maximum atomic E-state index is 14.2. The zero-order chi connectivity index (χ0) is 28.7. The Morgan fingerprint density at radius 2 is 1.88 bits per heavy atom. The number of amides is 1. The first-order valence-electron chi connectivity index (χ1n) is 13.0. The lowest BCUT2D eigenvalue weighted by molar-refractivity contribution is 0.0940. The van der Waals surface area contributed by atoms with Gasteiger partial charge in [0.15, 0.2) is 11.5 Å². The highest BCUT2D eigenvalue weighted by atomic mass is 16.2. The molecule has 0 aliphatic carbocycles. The summed E-state index contributed by atoms with van der Waals surface area (Å²) in [4.78, 5) is 36.9. The van der Waals surface area contributed by atoms with Gasteiger partial charge in [0, 0.05) is 30.7 Å². The molecule has 1 unspecified atom stereocenters. The van der Waals surface area contributed by atoms with E-state index in [4.69, 9.17) is 10.7 Å². The zero-order valence-corrected chi connectivity index (χ0v) is 22.7. The first kappa shape index (κ1) is 25.7. The van der Waals surface area contributed by atoms with Crippen LogP contribution in [0.2, 0.25) is 0 Å². The molecule has 2 aromatic carbocycles. The molecule has 204 valence electrons. The summed E-state index contributed by atoms with van der Waals surface area (Å²) < 4.78 is 4.78. The summed E-state index contributed by atoms with van der Waals surface area (Å²) in [6, 6.07) is 15.9. The second-order valence-electron chi connectivity index (χ2n) is 9.75. The fourth-order valence-corrected chi connectivity index (χ4v) is 4.87. The molecule has 0 spiro atoms. The average Bonchev–Trinajstić information content (AvgIpc) is 3.54. The quantitative estimate of drug-likeness (QED) is 0.325. The van der Waals surface area contributed by atoms with Crippen LogP contribution in [0.1, 0.15) is 46.0 Å². The van der Waals surface area contributed by atoms with E-state index in [1.807, 2.05) is 74.8 Å². The number of nitrogens with two attached hydrogens (primary N) is 1. The van der Waals surface area contributed by atoms with Gasteiger partial charge in [-0.15, -0.1) is 5.10 Å². The Kier molecular flexibility index (Phi) is 6.38. The Hall–Kier alpha value is -5.58. The van der Waals surface area contributed by atoms with Gasteiger partial charge in [0.1, 0.15) is 11.4 Å². The lowest BCUT2D eigenvalue weighted by Crippen LogP contribution is -2.33. The molecule has 4 heterocycles. The van der Waals surface area contributed by atoms with Gasteiger partial charge < -0.3 is 11.1 Å². The standard InChI is InChI=1S/C30H27N9O2/c1-18-14-15-32-28-25(26(31)36-39(18)28)29(40)34-19(2)27-35-23-11-7-8-21(13-12-20-16-33-37(3)17-20)24(23)30(41)38(27)22-9-5-4-6-10-22/h4-17,19H,1-3H3,(H2,31,36)(H,34,40). The molecule has 6 rings (SSSR count). The molecular formula is C30H27N9O2. The number of aromatic nitrogens is 7. The number of benzene rings is 2. The van der Waals surface area contributed by atoms with Crippen LogP contribution in [0.25, 0.3) is 34.4 Å². The molecule has 0 fully saturated rings. The van der Waals surface area contributed by atoms with E-state index in [0.29, 0.717) is 28.1 Å². The molecule has 11 heteroatoms. The first-order valence-corrected chi connectivity index (χ1v) is 13.0. The number of para-hydroxylation sites is 1. The van der Waals surface area contributed by atoms with E-state index in [1.165, 1.54) is 9.08 Å². The minimum Gasteiger partial charge on any atom is -0.381 e. The highest BCUT2D eigenvalue weighted by Crippen LogP contribution is 2.23. The zero-order valence-electron chi connectivity index (χ0n) is 22.7. The molecule has 11 nitrogen and oxygen atoms in total. The molecule has 0 saturated carbocycles. The van der Waals surface area contributed by atoms with Crippen LogP contribution in [0, 0.1) is 6.92 Å². The van der Waals surface area contributed by atoms with Gasteiger partial charge in [0.05, 0.1) is 28.8 Å². The average molecular weight is 546 g/mol. The number of nitrogen functional groups attached to an aromatic ring is 1. The van der Waals surface area contributed by atoms with Crippen LogP contribution < -0.4 is 16.6 Å². The number of aryl methyl sites for hydroxylation is 2. The van der Waals surface area contributed by atoms with Crippen molar-refractivity contribution in [3.05, 3.63) is 112 Å². The van der Waals surface area contributed by atoms with E-state index in [2.05, 4.69) is 20.5 Å². The van der Waals surface area contributed by atoms with E-state index in [9.17, 15) is 9.59 Å². The van der Waals surface area contributed by atoms with Gasteiger partial charge in [-0.2, -0.15) is 5.10 Å². The van der Waals surface area contributed by atoms with Crippen molar-refractivity contribution >= 4 is 40.4 Å².